The highest BCUT2D eigenvalue weighted by Gasteiger charge is 2.26. The maximum Gasteiger partial charge on any atom is 0.411 e. The summed E-state index contributed by atoms with van der Waals surface area (Å²) in [6.07, 6.45) is -4.20. The second-order valence-corrected chi connectivity index (χ2v) is 1.77. The second kappa shape index (κ2) is 4.51. The predicted octanol–water partition coefficient (Wildman–Crippen LogP) is 0.785. The summed E-state index contributed by atoms with van der Waals surface area (Å²) in [5.41, 5.74) is 0. The summed E-state index contributed by atoms with van der Waals surface area (Å²) >= 11 is 0. The van der Waals surface area contributed by atoms with Crippen LogP contribution in [0.4, 0.5) is 13.2 Å². The molecule has 0 bridgehead atoms. The lowest BCUT2D eigenvalue weighted by Gasteiger charge is -2.06. The number of likely N-dealkylation sites (N-methyl/N-ethyl adjacent to an activating group) is 1. The zero-order valence-corrected chi connectivity index (χ0v) is 5.66. The van der Waals surface area contributed by atoms with Crippen molar-refractivity contribution in [1.82, 2.24) is 5.32 Å². The van der Waals surface area contributed by atoms with Crippen LogP contribution in [0.15, 0.2) is 0 Å². The molecular formula is C5H10F3NO. The number of alkyl halides is 3. The zero-order chi connectivity index (χ0) is 8.04. The lowest BCUT2D eigenvalue weighted by Crippen LogP contribution is -2.21. The van der Waals surface area contributed by atoms with Crippen molar-refractivity contribution in [3.8, 4) is 0 Å². The van der Waals surface area contributed by atoms with Gasteiger partial charge in [0.15, 0.2) is 0 Å². The van der Waals surface area contributed by atoms with E-state index in [4.69, 9.17) is 0 Å². The van der Waals surface area contributed by atoms with Crippen molar-refractivity contribution in [3.63, 3.8) is 0 Å². The number of hydrogen-bond acceptors (Lipinski definition) is 2. The maximum atomic E-state index is 11.3. The van der Waals surface area contributed by atoms with Gasteiger partial charge in [-0.15, -0.1) is 0 Å². The van der Waals surface area contributed by atoms with E-state index in [1.54, 1.807) is 7.05 Å². The Hall–Kier alpha value is -0.290. The van der Waals surface area contributed by atoms with Gasteiger partial charge in [0.1, 0.15) is 6.61 Å². The Kier molecular flexibility index (Phi) is 4.38. The topological polar surface area (TPSA) is 21.3 Å². The third-order valence-electron chi connectivity index (χ3n) is 0.762. The van der Waals surface area contributed by atoms with E-state index in [1.807, 2.05) is 0 Å². The largest absolute Gasteiger partial charge is 0.411 e. The van der Waals surface area contributed by atoms with Crippen LogP contribution >= 0.6 is 0 Å². The molecule has 0 saturated heterocycles. The smallest absolute Gasteiger partial charge is 0.371 e. The van der Waals surface area contributed by atoms with E-state index in [-0.39, 0.29) is 6.61 Å². The first-order valence-electron chi connectivity index (χ1n) is 2.85. The number of ether oxygens (including phenoxy) is 1. The molecule has 0 atom stereocenters. The molecule has 0 rings (SSSR count). The lowest BCUT2D eigenvalue weighted by atomic mass is 10.6. The Labute approximate surface area is 57.4 Å². The predicted molar refractivity (Wildman–Crippen MR) is 30.8 cm³/mol. The normalized spacial score (nSPS) is 12.0. The molecule has 0 aromatic rings. The number of nitrogens with one attached hydrogen (secondary N) is 1. The highest BCUT2D eigenvalue weighted by atomic mass is 19.4. The van der Waals surface area contributed by atoms with Crippen LogP contribution < -0.4 is 5.32 Å². The summed E-state index contributed by atoms with van der Waals surface area (Å²) in [6, 6.07) is 0. The van der Waals surface area contributed by atoms with Gasteiger partial charge in [0, 0.05) is 6.54 Å². The van der Waals surface area contributed by atoms with E-state index in [0.29, 0.717) is 6.54 Å². The Balaban J connectivity index is 3.04. The summed E-state index contributed by atoms with van der Waals surface area (Å²) < 4.78 is 38.3. The molecule has 0 aromatic heterocycles. The minimum Gasteiger partial charge on any atom is -0.371 e. The van der Waals surface area contributed by atoms with Crippen LogP contribution in [0.25, 0.3) is 0 Å². The molecular weight excluding hydrogens is 147 g/mol. The minimum absolute atomic E-state index is 0.0933. The fraction of sp³-hybridized carbons (Fsp3) is 1.00. The van der Waals surface area contributed by atoms with Gasteiger partial charge in [-0.25, -0.2) is 0 Å². The van der Waals surface area contributed by atoms with Crippen molar-refractivity contribution in [2.45, 2.75) is 6.18 Å². The first-order valence-corrected chi connectivity index (χ1v) is 2.85. The van der Waals surface area contributed by atoms with Crippen LogP contribution in [0.5, 0.6) is 0 Å². The van der Waals surface area contributed by atoms with Crippen LogP contribution in [0.1, 0.15) is 0 Å². The third kappa shape index (κ3) is 7.71. The SMILES string of the molecule is CNCCOCC(F)(F)F. The second-order valence-electron chi connectivity index (χ2n) is 1.77. The molecule has 0 heterocycles. The van der Waals surface area contributed by atoms with Crippen LogP contribution in [0, 0.1) is 0 Å². The van der Waals surface area contributed by atoms with Crippen LogP contribution in [-0.4, -0.2) is 33.0 Å². The molecule has 0 amide bonds. The van der Waals surface area contributed by atoms with E-state index in [9.17, 15) is 13.2 Å². The third-order valence-corrected chi connectivity index (χ3v) is 0.762. The molecule has 0 unspecified atom stereocenters. The quantitative estimate of drug-likeness (QED) is 0.609. The van der Waals surface area contributed by atoms with Gasteiger partial charge < -0.3 is 10.1 Å². The summed E-state index contributed by atoms with van der Waals surface area (Å²) in [5, 5.41) is 2.66. The fourth-order valence-corrected chi connectivity index (χ4v) is 0.362. The molecule has 5 heteroatoms. The van der Waals surface area contributed by atoms with Crippen molar-refractivity contribution in [2.24, 2.45) is 0 Å². The Bertz CT molecular complexity index is 83.5. The van der Waals surface area contributed by atoms with Crippen molar-refractivity contribution in [1.29, 1.82) is 0 Å². The summed E-state index contributed by atoms with van der Waals surface area (Å²) in [5.74, 6) is 0. The Morgan fingerprint density at radius 2 is 2.00 bits per heavy atom. The van der Waals surface area contributed by atoms with Crippen molar-refractivity contribution < 1.29 is 17.9 Å². The molecule has 0 spiro atoms. The highest BCUT2D eigenvalue weighted by Crippen LogP contribution is 2.13. The van der Waals surface area contributed by atoms with Gasteiger partial charge >= 0.3 is 6.18 Å². The molecule has 0 fully saturated rings. The van der Waals surface area contributed by atoms with Crippen molar-refractivity contribution in [3.05, 3.63) is 0 Å². The lowest BCUT2D eigenvalue weighted by molar-refractivity contribution is -0.173. The van der Waals surface area contributed by atoms with Gasteiger partial charge in [-0.05, 0) is 7.05 Å². The molecule has 62 valence electrons. The molecule has 2 nitrogen and oxygen atoms in total. The van der Waals surface area contributed by atoms with Crippen LogP contribution in [0.2, 0.25) is 0 Å². The van der Waals surface area contributed by atoms with E-state index in [0.717, 1.165) is 0 Å². The summed E-state index contributed by atoms with van der Waals surface area (Å²) in [4.78, 5) is 0. The average Bonchev–Trinajstić information content (AvgIpc) is 1.78. The van der Waals surface area contributed by atoms with Gasteiger partial charge in [-0.1, -0.05) is 0 Å². The zero-order valence-electron chi connectivity index (χ0n) is 5.66. The van der Waals surface area contributed by atoms with Crippen molar-refractivity contribution >= 4 is 0 Å². The monoisotopic (exact) mass is 157 g/mol. The van der Waals surface area contributed by atoms with Gasteiger partial charge in [0.25, 0.3) is 0 Å². The molecule has 1 N–H and O–H groups in total. The average molecular weight is 157 g/mol. The minimum atomic E-state index is -4.20. The summed E-state index contributed by atoms with van der Waals surface area (Å²) in [6.45, 7) is -0.624. The van der Waals surface area contributed by atoms with Crippen LogP contribution in [0.3, 0.4) is 0 Å². The van der Waals surface area contributed by atoms with E-state index >= 15 is 0 Å². The highest BCUT2D eigenvalue weighted by molar-refractivity contribution is 4.45. The first-order chi connectivity index (χ1) is 4.56. The number of rotatable bonds is 4. The Morgan fingerprint density at radius 1 is 1.40 bits per heavy atom. The van der Waals surface area contributed by atoms with E-state index in [2.05, 4.69) is 10.1 Å². The molecule has 0 saturated carbocycles. The maximum absolute atomic E-state index is 11.3. The molecule has 0 radical (unpaired) electrons. The molecule has 0 aliphatic rings. The fourth-order valence-electron chi connectivity index (χ4n) is 0.362. The van der Waals surface area contributed by atoms with Gasteiger partial charge in [-0.3, -0.25) is 0 Å². The Morgan fingerprint density at radius 3 is 2.40 bits per heavy atom. The van der Waals surface area contributed by atoms with Gasteiger partial charge in [0.2, 0.25) is 0 Å². The standard InChI is InChI=1S/C5H10F3NO/c1-9-2-3-10-4-5(6,7)8/h9H,2-4H2,1H3. The van der Waals surface area contributed by atoms with Crippen LogP contribution in [-0.2, 0) is 4.74 Å². The molecule has 10 heavy (non-hydrogen) atoms. The molecule has 0 aromatic carbocycles. The van der Waals surface area contributed by atoms with Gasteiger partial charge in [0.05, 0.1) is 6.61 Å². The number of halogens is 3. The molecule has 0 aliphatic carbocycles. The summed E-state index contributed by atoms with van der Waals surface area (Å²) in [7, 11) is 1.65. The van der Waals surface area contributed by atoms with Crippen molar-refractivity contribution in [2.75, 3.05) is 26.8 Å². The first kappa shape index (κ1) is 9.71. The van der Waals surface area contributed by atoms with E-state index in [1.165, 1.54) is 0 Å². The molecule has 0 aliphatic heterocycles. The van der Waals surface area contributed by atoms with E-state index < -0.39 is 12.8 Å². The number of hydrogen-bond donors (Lipinski definition) is 1. The van der Waals surface area contributed by atoms with Gasteiger partial charge in [-0.2, -0.15) is 13.2 Å².